The van der Waals surface area contributed by atoms with Gasteiger partial charge in [-0.25, -0.2) is 17.8 Å². The van der Waals surface area contributed by atoms with Crippen molar-refractivity contribution in [3.05, 3.63) is 52.9 Å². The van der Waals surface area contributed by atoms with Gasteiger partial charge in [-0.05, 0) is 44.9 Å². The topological polar surface area (TPSA) is 84.3 Å². The maximum absolute atomic E-state index is 13.9. The number of hydrogen-bond donors (Lipinski definition) is 1. The molecule has 1 N–H and O–H groups in total. The Morgan fingerprint density at radius 3 is 2.68 bits per heavy atom. The van der Waals surface area contributed by atoms with E-state index in [1.807, 2.05) is 12.3 Å². The quantitative estimate of drug-likeness (QED) is 0.604. The van der Waals surface area contributed by atoms with Crippen molar-refractivity contribution < 1.29 is 17.6 Å². The van der Waals surface area contributed by atoms with Crippen LogP contribution in [0.15, 0.2) is 40.7 Å². The summed E-state index contributed by atoms with van der Waals surface area (Å²) in [6.07, 6.45) is 3.40. The van der Waals surface area contributed by atoms with E-state index in [1.54, 1.807) is 9.47 Å². The number of likely N-dealkylation sites (tertiary alicyclic amines) is 1. The summed E-state index contributed by atoms with van der Waals surface area (Å²) in [6, 6.07) is 5.74. The second-order valence-electron chi connectivity index (χ2n) is 7.59. The highest BCUT2D eigenvalue weighted by Crippen LogP contribution is 2.30. The molecule has 1 amide bonds. The second-order valence-corrected chi connectivity index (χ2v) is 10.1. The molecule has 0 atom stereocenters. The van der Waals surface area contributed by atoms with Gasteiger partial charge >= 0.3 is 0 Å². The molecule has 2 aromatic heterocycles. The number of rotatable bonds is 6. The number of anilines is 1. The summed E-state index contributed by atoms with van der Waals surface area (Å²) in [5, 5.41) is 2.51. The summed E-state index contributed by atoms with van der Waals surface area (Å²) in [7, 11) is -4.00. The molecule has 1 aliphatic rings. The third-order valence-corrected chi connectivity index (χ3v) is 7.61. The molecule has 31 heavy (non-hydrogen) atoms. The molecule has 0 unspecified atom stereocenters. The number of amides is 1. The Morgan fingerprint density at radius 2 is 2.00 bits per heavy atom. The third-order valence-electron chi connectivity index (χ3n) is 5.30. The number of aromatic nitrogens is 2. The number of hydrogen-bond acceptors (Lipinski definition) is 5. The standard InChI is InChI=1S/C21H23FN4O3S2/c1-14-13-30-21(23-14)19-10-16(11-26(19)12-20(27)25-8-3-4-9-25)31(28,29)24-18-7-5-6-17(22)15(18)2/h5-7,10-11,13,24H,3-4,8-9,12H2,1-2H3. The van der Waals surface area contributed by atoms with Crippen LogP contribution in [0.4, 0.5) is 10.1 Å². The SMILES string of the molecule is Cc1csc(-c2cc(S(=O)(=O)Nc3cccc(F)c3C)cn2CC(=O)N2CCCC2)n1. The van der Waals surface area contributed by atoms with Crippen molar-refractivity contribution in [2.24, 2.45) is 0 Å². The average Bonchev–Trinajstić information content (AvgIpc) is 3.46. The van der Waals surface area contributed by atoms with Crippen LogP contribution >= 0.6 is 11.3 Å². The minimum absolute atomic E-state index is 0.00626. The minimum atomic E-state index is -4.00. The molecule has 10 heteroatoms. The van der Waals surface area contributed by atoms with Gasteiger partial charge in [-0.2, -0.15) is 0 Å². The van der Waals surface area contributed by atoms with Gasteiger partial charge in [0.1, 0.15) is 22.3 Å². The zero-order valence-electron chi connectivity index (χ0n) is 17.3. The maximum Gasteiger partial charge on any atom is 0.263 e. The number of nitrogens with one attached hydrogen (secondary N) is 1. The molecule has 1 saturated heterocycles. The van der Waals surface area contributed by atoms with Crippen LogP contribution in [-0.4, -0.2) is 41.9 Å². The molecular weight excluding hydrogens is 439 g/mol. The van der Waals surface area contributed by atoms with Crippen molar-refractivity contribution in [1.29, 1.82) is 0 Å². The summed E-state index contributed by atoms with van der Waals surface area (Å²) in [5.41, 5.74) is 1.76. The number of aryl methyl sites for hydroxylation is 1. The summed E-state index contributed by atoms with van der Waals surface area (Å²) in [5.74, 6) is -0.548. The summed E-state index contributed by atoms with van der Waals surface area (Å²) < 4.78 is 44.0. The number of halogens is 1. The Hall–Kier alpha value is -2.72. The number of thiazole rings is 1. The van der Waals surface area contributed by atoms with Gasteiger partial charge in [0, 0.05) is 35.9 Å². The first kappa shape index (κ1) is 21.5. The summed E-state index contributed by atoms with van der Waals surface area (Å²) in [4.78, 5) is 19.0. The lowest BCUT2D eigenvalue weighted by Crippen LogP contribution is -2.31. The molecule has 0 radical (unpaired) electrons. The Kier molecular flexibility index (Phi) is 5.85. The number of carbonyl (C=O) groups excluding carboxylic acids is 1. The fraction of sp³-hybridized carbons (Fsp3) is 0.333. The molecule has 0 saturated carbocycles. The second kappa shape index (κ2) is 8.43. The van der Waals surface area contributed by atoms with Gasteiger partial charge in [0.25, 0.3) is 10.0 Å². The van der Waals surface area contributed by atoms with Gasteiger partial charge < -0.3 is 9.47 Å². The van der Waals surface area contributed by atoms with Crippen molar-refractivity contribution in [2.75, 3.05) is 17.8 Å². The molecule has 3 heterocycles. The average molecular weight is 463 g/mol. The molecule has 7 nitrogen and oxygen atoms in total. The lowest BCUT2D eigenvalue weighted by atomic mass is 10.2. The monoisotopic (exact) mass is 462 g/mol. The highest BCUT2D eigenvalue weighted by Gasteiger charge is 2.24. The molecule has 0 aliphatic carbocycles. The maximum atomic E-state index is 13.9. The van der Waals surface area contributed by atoms with E-state index in [1.165, 1.54) is 48.7 Å². The molecule has 0 bridgehead atoms. The highest BCUT2D eigenvalue weighted by molar-refractivity contribution is 7.92. The van der Waals surface area contributed by atoms with Crippen molar-refractivity contribution in [2.45, 2.75) is 38.1 Å². The van der Waals surface area contributed by atoms with Gasteiger partial charge in [0.15, 0.2) is 0 Å². The fourth-order valence-corrected chi connectivity index (χ4v) is 5.54. The van der Waals surface area contributed by atoms with Gasteiger partial charge in [0.05, 0.1) is 11.4 Å². The summed E-state index contributed by atoms with van der Waals surface area (Å²) in [6.45, 7) is 4.84. The minimum Gasteiger partial charge on any atom is -0.341 e. The van der Waals surface area contributed by atoms with Crippen LogP contribution in [-0.2, 0) is 21.4 Å². The van der Waals surface area contributed by atoms with E-state index >= 15 is 0 Å². The normalized spacial score (nSPS) is 14.2. The molecule has 1 aromatic carbocycles. The molecule has 3 aromatic rings. The van der Waals surface area contributed by atoms with Crippen LogP contribution in [0.1, 0.15) is 24.1 Å². The first-order valence-electron chi connectivity index (χ1n) is 9.93. The number of carbonyl (C=O) groups is 1. The van der Waals surface area contributed by atoms with E-state index in [-0.39, 0.29) is 28.6 Å². The number of sulfonamides is 1. The molecule has 1 fully saturated rings. The van der Waals surface area contributed by atoms with Crippen LogP contribution in [0.25, 0.3) is 10.7 Å². The highest BCUT2D eigenvalue weighted by atomic mass is 32.2. The predicted octanol–water partition coefficient (Wildman–Crippen LogP) is 3.79. The Labute approximate surface area is 184 Å². The van der Waals surface area contributed by atoms with E-state index in [0.717, 1.165) is 31.6 Å². The fourth-order valence-electron chi connectivity index (χ4n) is 3.55. The molecule has 1 aliphatic heterocycles. The van der Waals surface area contributed by atoms with Crippen molar-refractivity contribution >= 4 is 33.0 Å². The number of benzene rings is 1. The van der Waals surface area contributed by atoms with E-state index in [9.17, 15) is 17.6 Å². The van der Waals surface area contributed by atoms with Gasteiger partial charge in [-0.3, -0.25) is 9.52 Å². The Bertz CT molecular complexity index is 1230. The summed E-state index contributed by atoms with van der Waals surface area (Å²) >= 11 is 1.39. The van der Waals surface area contributed by atoms with Gasteiger partial charge in [-0.1, -0.05) is 6.07 Å². The first-order chi connectivity index (χ1) is 14.7. The predicted molar refractivity (Wildman–Crippen MR) is 118 cm³/mol. The van der Waals surface area contributed by atoms with E-state index in [0.29, 0.717) is 10.7 Å². The lowest BCUT2D eigenvalue weighted by Gasteiger charge is -2.16. The smallest absolute Gasteiger partial charge is 0.263 e. The largest absolute Gasteiger partial charge is 0.341 e. The molecule has 0 spiro atoms. The molecule has 164 valence electrons. The van der Waals surface area contributed by atoms with E-state index in [2.05, 4.69) is 9.71 Å². The van der Waals surface area contributed by atoms with Crippen LogP contribution < -0.4 is 4.72 Å². The van der Waals surface area contributed by atoms with Crippen LogP contribution in [0.2, 0.25) is 0 Å². The zero-order chi connectivity index (χ0) is 22.2. The molecule has 4 rings (SSSR count). The third kappa shape index (κ3) is 4.49. The van der Waals surface area contributed by atoms with Crippen molar-refractivity contribution in [1.82, 2.24) is 14.5 Å². The Balaban J connectivity index is 1.69. The van der Waals surface area contributed by atoms with Crippen molar-refractivity contribution in [3.8, 4) is 10.7 Å². The van der Waals surface area contributed by atoms with Crippen LogP contribution in [0.5, 0.6) is 0 Å². The van der Waals surface area contributed by atoms with E-state index in [4.69, 9.17) is 0 Å². The lowest BCUT2D eigenvalue weighted by molar-refractivity contribution is -0.130. The molecular formula is C21H23FN4O3S2. The van der Waals surface area contributed by atoms with Crippen LogP contribution in [0.3, 0.4) is 0 Å². The van der Waals surface area contributed by atoms with Gasteiger partial charge in [0.2, 0.25) is 5.91 Å². The van der Waals surface area contributed by atoms with Crippen LogP contribution in [0, 0.1) is 19.7 Å². The first-order valence-corrected chi connectivity index (χ1v) is 12.3. The van der Waals surface area contributed by atoms with Crippen molar-refractivity contribution in [3.63, 3.8) is 0 Å². The zero-order valence-corrected chi connectivity index (χ0v) is 18.9. The van der Waals surface area contributed by atoms with Gasteiger partial charge in [-0.15, -0.1) is 11.3 Å². The number of nitrogens with zero attached hydrogens (tertiary/aromatic N) is 3. The van der Waals surface area contributed by atoms with E-state index < -0.39 is 15.8 Å². The Morgan fingerprint density at radius 1 is 1.26 bits per heavy atom.